The predicted molar refractivity (Wildman–Crippen MR) is 79.9 cm³/mol. The lowest BCUT2D eigenvalue weighted by Gasteiger charge is -2.36. The lowest BCUT2D eigenvalue weighted by Crippen LogP contribution is -2.40. The summed E-state index contributed by atoms with van der Waals surface area (Å²) < 4.78 is 1.87. The van der Waals surface area contributed by atoms with Gasteiger partial charge in [0.05, 0.1) is 6.20 Å². The van der Waals surface area contributed by atoms with Gasteiger partial charge in [0.25, 0.3) is 0 Å². The van der Waals surface area contributed by atoms with Gasteiger partial charge >= 0.3 is 0 Å². The molecule has 1 aliphatic rings. The first-order valence-electron chi connectivity index (χ1n) is 7.15. The molecule has 1 heterocycles. The van der Waals surface area contributed by atoms with Gasteiger partial charge in [-0.05, 0) is 43.4 Å². The van der Waals surface area contributed by atoms with Gasteiger partial charge in [-0.25, -0.2) is 0 Å². The van der Waals surface area contributed by atoms with E-state index in [4.69, 9.17) is 11.6 Å². The van der Waals surface area contributed by atoms with Crippen LogP contribution in [0.2, 0.25) is 5.02 Å². The molecule has 1 saturated carbocycles. The Hall–Kier alpha value is -1.39. The summed E-state index contributed by atoms with van der Waals surface area (Å²) in [7, 11) is 0. The molecule has 1 aliphatic carbocycles. The highest BCUT2D eigenvalue weighted by Crippen LogP contribution is 2.39. The summed E-state index contributed by atoms with van der Waals surface area (Å²) in [5.74, 6) is 0.622. The zero-order valence-electron chi connectivity index (χ0n) is 11.4. The van der Waals surface area contributed by atoms with Crippen molar-refractivity contribution >= 4 is 11.6 Å². The van der Waals surface area contributed by atoms with E-state index in [2.05, 4.69) is 27.8 Å². The number of aromatic nitrogens is 3. The van der Waals surface area contributed by atoms with E-state index < -0.39 is 0 Å². The molecule has 0 amide bonds. The summed E-state index contributed by atoms with van der Waals surface area (Å²) >= 11 is 6.23. The average molecular weight is 291 g/mol. The van der Waals surface area contributed by atoms with Crippen molar-refractivity contribution in [3.8, 4) is 0 Å². The highest BCUT2D eigenvalue weighted by Gasteiger charge is 2.30. The predicted octanol–water partition coefficient (Wildman–Crippen LogP) is 2.86. The quantitative estimate of drug-likeness (QED) is 0.832. The first-order chi connectivity index (χ1) is 9.83. The molecule has 3 rings (SSSR count). The van der Waals surface area contributed by atoms with Gasteiger partial charge in [0.1, 0.15) is 0 Å². The van der Waals surface area contributed by atoms with E-state index in [1.165, 1.54) is 18.4 Å². The molecular formula is C15H19ClN4. The van der Waals surface area contributed by atoms with Crippen LogP contribution in [0.15, 0.2) is 36.7 Å². The highest BCUT2D eigenvalue weighted by molar-refractivity contribution is 6.31. The Labute approximate surface area is 124 Å². The Morgan fingerprint density at radius 3 is 2.90 bits per heavy atom. The van der Waals surface area contributed by atoms with Crippen molar-refractivity contribution in [2.24, 2.45) is 0 Å². The number of hydrogen-bond acceptors (Lipinski definition) is 3. The Balaban J connectivity index is 1.35. The lowest BCUT2D eigenvalue weighted by atomic mass is 9.76. The second-order valence-corrected chi connectivity index (χ2v) is 5.77. The van der Waals surface area contributed by atoms with E-state index >= 15 is 0 Å². The van der Waals surface area contributed by atoms with Gasteiger partial charge in [-0.2, -0.15) is 0 Å². The standard InChI is InChI=1S/C15H19ClN4/c16-15-5-2-1-4-14(15)12-10-13(11-12)17-6-3-8-20-9-7-18-19-20/h1-2,4-5,7,9,12-13,17H,3,6,8,10-11H2. The molecule has 1 aromatic carbocycles. The number of rotatable bonds is 6. The van der Waals surface area contributed by atoms with Crippen LogP contribution in [0, 0.1) is 0 Å². The van der Waals surface area contributed by atoms with Gasteiger partial charge in [0.15, 0.2) is 0 Å². The van der Waals surface area contributed by atoms with Crippen LogP contribution in [0.5, 0.6) is 0 Å². The molecule has 0 radical (unpaired) electrons. The molecule has 1 aromatic heterocycles. The fraction of sp³-hybridized carbons (Fsp3) is 0.467. The third kappa shape index (κ3) is 3.19. The number of halogens is 1. The van der Waals surface area contributed by atoms with E-state index in [9.17, 15) is 0 Å². The molecule has 0 bridgehead atoms. The maximum atomic E-state index is 6.23. The largest absolute Gasteiger partial charge is 0.314 e. The Morgan fingerprint density at radius 1 is 1.30 bits per heavy atom. The summed E-state index contributed by atoms with van der Waals surface area (Å²) in [4.78, 5) is 0. The molecule has 5 heteroatoms. The minimum atomic E-state index is 0.622. The van der Waals surface area contributed by atoms with Crippen molar-refractivity contribution in [2.45, 2.75) is 37.8 Å². The van der Waals surface area contributed by atoms with Gasteiger partial charge in [-0.1, -0.05) is 35.0 Å². The lowest BCUT2D eigenvalue weighted by molar-refractivity contribution is 0.288. The van der Waals surface area contributed by atoms with Gasteiger partial charge in [-0.15, -0.1) is 5.10 Å². The van der Waals surface area contributed by atoms with Crippen LogP contribution in [0.25, 0.3) is 0 Å². The molecule has 1 fully saturated rings. The summed E-state index contributed by atoms with van der Waals surface area (Å²) in [5.41, 5.74) is 1.30. The second-order valence-electron chi connectivity index (χ2n) is 5.36. The van der Waals surface area contributed by atoms with Gasteiger partial charge < -0.3 is 5.32 Å². The number of benzene rings is 1. The van der Waals surface area contributed by atoms with Crippen LogP contribution in [0.4, 0.5) is 0 Å². The van der Waals surface area contributed by atoms with E-state index in [-0.39, 0.29) is 0 Å². The van der Waals surface area contributed by atoms with E-state index in [0.29, 0.717) is 12.0 Å². The monoisotopic (exact) mass is 290 g/mol. The number of nitrogens with zero attached hydrogens (tertiary/aromatic N) is 3. The fourth-order valence-corrected chi connectivity index (χ4v) is 3.03. The van der Waals surface area contributed by atoms with Gasteiger partial charge in [0, 0.05) is 23.8 Å². The normalized spacial score (nSPS) is 21.6. The van der Waals surface area contributed by atoms with E-state index in [1.807, 2.05) is 23.0 Å². The Morgan fingerprint density at radius 2 is 2.15 bits per heavy atom. The van der Waals surface area contributed by atoms with Crippen molar-refractivity contribution in [1.82, 2.24) is 20.3 Å². The number of hydrogen-bond donors (Lipinski definition) is 1. The van der Waals surface area contributed by atoms with E-state index in [1.54, 1.807) is 6.20 Å². The third-order valence-corrected chi connectivity index (χ3v) is 4.30. The van der Waals surface area contributed by atoms with Crippen molar-refractivity contribution in [2.75, 3.05) is 6.54 Å². The number of aryl methyl sites for hydroxylation is 1. The molecule has 0 saturated heterocycles. The minimum Gasteiger partial charge on any atom is -0.314 e. The molecule has 2 aromatic rings. The number of nitrogens with one attached hydrogen (secondary N) is 1. The molecule has 1 N–H and O–H groups in total. The summed E-state index contributed by atoms with van der Waals surface area (Å²) in [6.07, 6.45) is 7.07. The first kappa shape index (κ1) is 13.6. The Kier molecular flexibility index (Phi) is 4.33. The molecular weight excluding hydrogens is 272 g/mol. The van der Waals surface area contributed by atoms with Crippen LogP contribution in [0.1, 0.15) is 30.7 Å². The van der Waals surface area contributed by atoms with Crippen LogP contribution in [-0.2, 0) is 6.54 Å². The van der Waals surface area contributed by atoms with E-state index in [0.717, 1.165) is 24.5 Å². The second kappa shape index (κ2) is 6.37. The molecule has 4 nitrogen and oxygen atoms in total. The van der Waals surface area contributed by atoms with Crippen molar-refractivity contribution in [1.29, 1.82) is 0 Å². The third-order valence-electron chi connectivity index (χ3n) is 3.95. The van der Waals surface area contributed by atoms with Crippen molar-refractivity contribution in [3.63, 3.8) is 0 Å². The summed E-state index contributed by atoms with van der Waals surface area (Å²) in [6.45, 7) is 1.95. The van der Waals surface area contributed by atoms with Crippen molar-refractivity contribution < 1.29 is 0 Å². The first-order valence-corrected chi connectivity index (χ1v) is 7.52. The zero-order chi connectivity index (χ0) is 13.8. The maximum absolute atomic E-state index is 6.23. The molecule has 0 unspecified atom stereocenters. The molecule has 0 atom stereocenters. The van der Waals surface area contributed by atoms with Crippen LogP contribution >= 0.6 is 11.6 Å². The smallest absolute Gasteiger partial charge is 0.0692 e. The SMILES string of the molecule is Clc1ccccc1C1CC(NCCCn2ccnn2)C1. The van der Waals surface area contributed by atoms with Crippen LogP contribution < -0.4 is 5.32 Å². The molecule has 0 spiro atoms. The molecule has 106 valence electrons. The summed E-state index contributed by atoms with van der Waals surface area (Å²) in [6, 6.07) is 8.82. The topological polar surface area (TPSA) is 42.7 Å². The Bertz CT molecular complexity index is 535. The zero-order valence-corrected chi connectivity index (χ0v) is 12.1. The molecule has 0 aliphatic heterocycles. The average Bonchev–Trinajstić information content (AvgIpc) is 2.91. The molecule has 20 heavy (non-hydrogen) atoms. The summed E-state index contributed by atoms with van der Waals surface area (Å²) in [5, 5.41) is 12.2. The van der Waals surface area contributed by atoms with Gasteiger partial charge in [-0.3, -0.25) is 4.68 Å². The van der Waals surface area contributed by atoms with Crippen LogP contribution in [-0.4, -0.2) is 27.6 Å². The van der Waals surface area contributed by atoms with Crippen molar-refractivity contribution in [3.05, 3.63) is 47.2 Å². The van der Waals surface area contributed by atoms with Gasteiger partial charge in [0.2, 0.25) is 0 Å². The van der Waals surface area contributed by atoms with Crippen LogP contribution in [0.3, 0.4) is 0 Å². The highest BCUT2D eigenvalue weighted by atomic mass is 35.5. The minimum absolute atomic E-state index is 0.622. The maximum Gasteiger partial charge on any atom is 0.0692 e. The fourth-order valence-electron chi connectivity index (χ4n) is 2.74.